The number of benzene rings is 4. The van der Waals surface area contributed by atoms with Crippen LogP contribution in [-0.2, 0) is 15.9 Å². The zero-order valence-corrected chi connectivity index (χ0v) is 22.0. The van der Waals surface area contributed by atoms with Gasteiger partial charge >= 0.3 is 0 Å². The molecule has 0 amide bonds. The summed E-state index contributed by atoms with van der Waals surface area (Å²) >= 11 is 0. The minimum absolute atomic E-state index is 0.192. The molecule has 0 fully saturated rings. The lowest BCUT2D eigenvalue weighted by atomic mass is 9.74. The number of hydrogen-bond donors (Lipinski definition) is 2. The third kappa shape index (κ3) is 5.49. The Bertz CT molecular complexity index is 1370. The van der Waals surface area contributed by atoms with Crippen LogP contribution in [0, 0.1) is 5.92 Å². The van der Waals surface area contributed by atoms with Gasteiger partial charge in [0.25, 0.3) is 0 Å². The summed E-state index contributed by atoms with van der Waals surface area (Å²) in [6.45, 7) is 0. The topological polar surface area (TPSA) is 62.0 Å². The molecule has 0 radical (unpaired) electrons. The Morgan fingerprint density at radius 2 is 1.13 bits per heavy atom. The highest BCUT2D eigenvalue weighted by Crippen LogP contribution is 2.42. The van der Waals surface area contributed by atoms with E-state index in [0.717, 1.165) is 22.3 Å². The molecule has 196 valence electrons. The van der Waals surface area contributed by atoms with Crippen molar-refractivity contribution in [3.63, 3.8) is 0 Å². The summed E-state index contributed by atoms with van der Waals surface area (Å²) in [5.74, 6) is 0.0811. The van der Waals surface area contributed by atoms with Crippen molar-refractivity contribution in [3.8, 4) is 0 Å². The first kappa shape index (κ1) is 26.4. The molecule has 0 aliphatic carbocycles. The zero-order chi connectivity index (χ0) is 27.1. The van der Waals surface area contributed by atoms with Gasteiger partial charge < -0.3 is 14.9 Å². The van der Waals surface area contributed by atoms with Crippen molar-refractivity contribution in [2.75, 3.05) is 7.11 Å². The minimum atomic E-state index is -1.36. The molecule has 0 unspecified atom stereocenters. The van der Waals surface area contributed by atoms with Crippen molar-refractivity contribution in [1.82, 2.24) is 0 Å². The number of nitrogens with zero attached hydrogens (tertiary/aromatic N) is 1. The van der Waals surface area contributed by atoms with Crippen molar-refractivity contribution >= 4 is 5.90 Å². The van der Waals surface area contributed by atoms with Gasteiger partial charge in [-0.1, -0.05) is 140 Å². The Morgan fingerprint density at radius 1 is 0.692 bits per heavy atom. The molecule has 0 bridgehead atoms. The van der Waals surface area contributed by atoms with Crippen molar-refractivity contribution in [2.24, 2.45) is 10.9 Å². The molecule has 2 N–H and O–H groups in total. The van der Waals surface area contributed by atoms with Crippen molar-refractivity contribution < 1.29 is 14.9 Å². The van der Waals surface area contributed by atoms with Crippen LogP contribution < -0.4 is 0 Å². The Morgan fingerprint density at radius 3 is 1.56 bits per heavy atom. The molecule has 1 heterocycles. The number of rotatable bonds is 7. The van der Waals surface area contributed by atoms with Crippen LogP contribution in [0.5, 0.6) is 0 Å². The van der Waals surface area contributed by atoms with E-state index in [1.54, 1.807) is 7.11 Å². The zero-order valence-electron chi connectivity index (χ0n) is 22.0. The second-order valence-electron chi connectivity index (χ2n) is 9.79. The standard InChI is InChI=1S/C35H33NO3/c1-39-33-24-14-23-31(35(38,29-19-10-4-11-20-29)30-21-12-5-13-22-30)25-32(36-33)26-34(37,27-15-6-2-7-16-27)28-17-8-3-9-18-28/h2-23,25,31,37-38H,24,26H2,1H3/t31-/m0/s1. The Kier molecular flexibility index (Phi) is 7.87. The maximum Gasteiger partial charge on any atom is 0.191 e. The molecule has 1 aliphatic rings. The molecule has 4 aromatic rings. The minimum Gasteiger partial charge on any atom is -0.484 e. The molecule has 5 rings (SSSR count). The average molecular weight is 516 g/mol. The molecule has 4 aromatic carbocycles. The monoisotopic (exact) mass is 515 g/mol. The van der Waals surface area contributed by atoms with Crippen LogP contribution in [0.1, 0.15) is 35.1 Å². The van der Waals surface area contributed by atoms with E-state index in [4.69, 9.17) is 9.73 Å². The van der Waals surface area contributed by atoms with Gasteiger partial charge in [-0.25, -0.2) is 4.99 Å². The summed E-state index contributed by atoms with van der Waals surface area (Å²) < 4.78 is 5.59. The van der Waals surface area contributed by atoms with Crippen LogP contribution in [-0.4, -0.2) is 23.2 Å². The van der Waals surface area contributed by atoms with Gasteiger partial charge in [-0.2, -0.15) is 0 Å². The van der Waals surface area contributed by atoms with Gasteiger partial charge in [-0.05, 0) is 22.3 Å². The molecule has 0 saturated carbocycles. The number of hydrogen-bond acceptors (Lipinski definition) is 4. The van der Waals surface area contributed by atoms with Crippen LogP contribution in [0.25, 0.3) is 0 Å². The van der Waals surface area contributed by atoms with Gasteiger partial charge in [0, 0.05) is 24.5 Å². The Hall–Kier alpha value is -4.25. The normalized spacial score (nSPS) is 16.0. The molecule has 1 aliphatic heterocycles. The van der Waals surface area contributed by atoms with Crippen LogP contribution in [0.15, 0.2) is 150 Å². The Balaban J connectivity index is 1.67. The summed E-state index contributed by atoms with van der Waals surface area (Å²) in [7, 11) is 1.61. The molecule has 0 spiro atoms. The SMILES string of the molecule is COC1=NC(CC(O)(c2ccccc2)c2ccccc2)=C[C@@H](C(O)(c2ccccc2)c2ccccc2)C=CC1. The predicted molar refractivity (Wildman–Crippen MR) is 156 cm³/mol. The van der Waals surface area contributed by atoms with Gasteiger partial charge in [-0.15, -0.1) is 0 Å². The molecule has 1 atom stereocenters. The van der Waals surface area contributed by atoms with Crippen LogP contribution in [0.3, 0.4) is 0 Å². The van der Waals surface area contributed by atoms with Gasteiger partial charge in [0.2, 0.25) is 0 Å². The second-order valence-corrected chi connectivity index (χ2v) is 9.79. The third-order valence-electron chi connectivity index (χ3n) is 7.36. The summed E-state index contributed by atoms with van der Waals surface area (Å²) in [6.07, 6.45) is 6.62. The number of ether oxygens (including phenoxy) is 1. The molecular weight excluding hydrogens is 482 g/mol. The molecule has 39 heavy (non-hydrogen) atoms. The smallest absolute Gasteiger partial charge is 0.191 e. The number of aliphatic imine (C=N–C) groups is 1. The first-order valence-corrected chi connectivity index (χ1v) is 13.2. The van der Waals surface area contributed by atoms with Gasteiger partial charge in [-0.3, -0.25) is 0 Å². The average Bonchev–Trinajstić information content (AvgIpc) is 2.99. The van der Waals surface area contributed by atoms with Gasteiger partial charge in [0.05, 0.1) is 7.11 Å². The highest BCUT2D eigenvalue weighted by molar-refractivity contribution is 5.79. The lowest BCUT2D eigenvalue weighted by Gasteiger charge is -2.36. The van der Waals surface area contributed by atoms with Crippen molar-refractivity contribution in [3.05, 3.63) is 168 Å². The maximum atomic E-state index is 12.5. The Labute approximate surface area is 230 Å². The van der Waals surface area contributed by atoms with Crippen LogP contribution in [0.4, 0.5) is 0 Å². The van der Waals surface area contributed by atoms with Crippen molar-refractivity contribution in [2.45, 2.75) is 24.0 Å². The van der Waals surface area contributed by atoms with E-state index in [1.165, 1.54) is 0 Å². The fraction of sp³-hybridized carbons (Fsp3) is 0.171. The fourth-order valence-electron chi connectivity index (χ4n) is 5.31. The van der Waals surface area contributed by atoms with Crippen molar-refractivity contribution in [1.29, 1.82) is 0 Å². The molecule has 4 heteroatoms. The molecule has 4 nitrogen and oxygen atoms in total. The lowest BCUT2D eigenvalue weighted by molar-refractivity contribution is 0.0522. The first-order valence-electron chi connectivity index (χ1n) is 13.2. The maximum absolute atomic E-state index is 12.5. The lowest BCUT2D eigenvalue weighted by Crippen LogP contribution is -2.35. The first-order chi connectivity index (χ1) is 19.0. The summed E-state index contributed by atoms with van der Waals surface area (Å²) in [5, 5.41) is 24.8. The number of methoxy groups -OCH3 is 1. The van der Waals surface area contributed by atoms with Crippen LogP contribution in [0.2, 0.25) is 0 Å². The second kappa shape index (κ2) is 11.6. The quantitative estimate of drug-likeness (QED) is 0.268. The van der Waals surface area contributed by atoms with E-state index >= 15 is 0 Å². The fourth-order valence-corrected chi connectivity index (χ4v) is 5.31. The third-order valence-corrected chi connectivity index (χ3v) is 7.36. The predicted octanol–water partition coefficient (Wildman–Crippen LogP) is 6.75. The number of aliphatic hydroxyl groups is 2. The molecule has 0 aromatic heterocycles. The molecule has 0 saturated heterocycles. The highest BCUT2D eigenvalue weighted by Gasteiger charge is 2.40. The van der Waals surface area contributed by atoms with Gasteiger partial charge in [0.1, 0.15) is 11.2 Å². The van der Waals surface area contributed by atoms with E-state index in [2.05, 4.69) is 0 Å². The largest absolute Gasteiger partial charge is 0.484 e. The van der Waals surface area contributed by atoms with E-state index in [0.29, 0.717) is 18.0 Å². The molecular formula is C35H33NO3. The summed E-state index contributed by atoms with van der Waals surface area (Å²) in [5.41, 5.74) is 1.01. The van der Waals surface area contributed by atoms with Crippen LogP contribution >= 0.6 is 0 Å². The van der Waals surface area contributed by atoms with E-state index in [9.17, 15) is 10.2 Å². The summed E-state index contributed by atoms with van der Waals surface area (Å²) in [6, 6.07) is 38.7. The summed E-state index contributed by atoms with van der Waals surface area (Å²) in [4.78, 5) is 4.87. The van der Waals surface area contributed by atoms with Gasteiger partial charge in [0.15, 0.2) is 5.90 Å². The van der Waals surface area contributed by atoms with E-state index < -0.39 is 17.1 Å². The van der Waals surface area contributed by atoms with E-state index in [-0.39, 0.29) is 6.42 Å². The highest BCUT2D eigenvalue weighted by atomic mass is 16.5. The van der Waals surface area contributed by atoms with E-state index in [1.807, 2.05) is 140 Å².